The second-order valence-corrected chi connectivity index (χ2v) is 7.71. The van der Waals surface area contributed by atoms with Crippen molar-refractivity contribution in [2.75, 3.05) is 7.11 Å². The van der Waals surface area contributed by atoms with Gasteiger partial charge in [-0.15, -0.1) is 0 Å². The van der Waals surface area contributed by atoms with Crippen molar-refractivity contribution >= 4 is 0 Å². The van der Waals surface area contributed by atoms with E-state index in [0.29, 0.717) is 12.3 Å². The van der Waals surface area contributed by atoms with E-state index in [1.807, 2.05) is 6.92 Å². The molecule has 6 heteroatoms. The van der Waals surface area contributed by atoms with Crippen molar-refractivity contribution < 1.29 is 28.4 Å². The largest absolute Gasteiger partial charge is 0.353 e. The van der Waals surface area contributed by atoms with Gasteiger partial charge < -0.3 is 14.2 Å². The molecule has 0 radical (unpaired) electrons. The van der Waals surface area contributed by atoms with Crippen molar-refractivity contribution in [3.05, 3.63) is 0 Å². The molecule has 4 aliphatic heterocycles. The minimum Gasteiger partial charge on any atom is -0.353 e. The molecule has 4 heterocycles. The van der Waals surface area contributed by atoms with E-state index in [0.717, 1.165) is 19.3 Å². The maximum absolute atomic E-state index is 15.5. The van der Waals surface area contributed by atoms with Crippen LogP contribution in [0.5, 0.6) is 0 Å². The van der Waals surface area contributed by atoms with Gasteiger partial charge in [0.2, 0.25) is 5.79 Å². The SMILES string of the molecule is CO[C@H]1O[C@@H]2O[C@]3(C)CC[C@H]4[C@H](C)CC[C@@H]([C@@]1(C)F)[C@@]24OO3. The van der Waals surface area contributed by atoms with Crippen LogP contribution in [0.4, 0.5) is 4.39 Å². The van der Waals surface area contributed by atoms with Crippen molar-refractivity contribution in [1.29, 1.82) is 0 Å². The summed E-state index contributed by atoms with van der Waals surface area (Å²) in [5.74, 6) is -0.620. The first-order valence-electron chi connectivity index (χ1n) is 8.25. The fourth-order valence-corrected chi connectivity index (χ4v) is 5.14. The Morgan fingerprint density at radius 3 is 2.64 bits per heavy atom. The molecule has 0 aromatic carbocycles. The van der Waals surface area contributed by atoms with Gasteiger partial charge in [0, 0.05) is 19.4 Å². The minimum atomic E-state index is -1.64. The number of alkyl halides is 1. The fourth-order valence-electron chi connectivity index (χ4n) is 5.14. The van der Waals surface area contributed by atoms with Gasteiger partial charge >= 0.3 is 0 Å². The Hall–Kier alpha value is -0.270. The van der Waals surface area contributed by atoms with Crippen molar-refractivity contribution in [2.45, 2.75) is 76.1 Å². The highest BCUT2D eigenvalue weighted by molar-refractivity contribution is 5.13. The van der Waals surface area contributed by atoms with Gasteiger partial charge in [-0.3, -0.25) is 0 Å². The van der Waals surface area contributed by atoms with E-state index < -0.39 is 29.6 Å². The average Bonchev–Trinajstić information content (AvgIpc) is 2.69. The molecule has 2 bridgehead atoms. The molecule has 22 heavy (non-hydrogen) atoms. The van der Waals surface area contributed by atoms with Crippen LogP contribution in [-0.2, 0) is 24.0 Å². The smallest absolute Gasteiger partial charge is 0.201 e. The average molecular weight is 316 g/mol. The van der Waals surface area contributed by atoms with Crippen LogP contribution in [0.25, 0.3) is 0 Å². The molecule has 5 fully saturated rings. The molecule has 1 saturated carbocycles. The first kappa shape index (κ1) is 15.3. The Balaban J connectivity index is 1.83. The molecule has 1 aliphatic carbocycles. The highest BCUT2D eigenvalue weighted by Gasteiger charge is 2.73. The van der Waals surface area contributed by atoms with E-state index in [2.05, 4.69) is 6.92 Å². The van der Waals surface area contributed by atoms with Gasteiger partial charge in [0.1, 0.15) is 0 Å². The van der Waals surface area contributed by atoms with Gasteiger partial charge in [-0.1, -0.05) is 6.92 Å². The van der Waals surface area contributed by atoms with E-state index in [1.54, 1.807) is 6.92 Å². The zero-order valence-corrected chi connectivity index (χ0v) is 13.6. The normalized spacial score (nSPS) is 60.7. The van der Waals surface area contributed by atoms with Crippen LogP contribution in [0.3, 0.4) is 0 Å². The number of hydrogen-bond donors (Lipinski definition) is 0. The Morgan fingerprint density at radius 2 is 1.91 bits per heavy atom. The summed E-state index contributed by atoms with van der Waals surface area (Å²) in [4.78, 5) is 11.5. The molecule has 5 nitrogen and oxygen atoms in total. The van der Waals surface area contributed by atoms with Gasteiger partial charge in [0.15, 0.2) is 23.8 Å². The summed E-state index contributed by atoms with van der Waals surface area (Å²) < 4.78 is 32.8. The Labute approximate surface area is 130 Å². The van der Waals surface area contributed by atoms with Crippen molar-refractivity contribution in [1.82, 2.24) is 0 Å². The molecular formula is C16H25FO5. The van der Waals surface area contributed by atoms with Crippen LogP contribution in [0, 0.1) is 17.8 Å². The molecule has 0 amide bonds. The van der Waals surface area contributed by atoms with E-state index in [-0.39, 0.29) is 11.8 Å². The first-order valence-corrected chi connectivity index (χ1v) is 8.25. The van der Waals surface area contributed by atoms with E-state index in [4.69, 9.17) is 24.0 Å². The molecule has 0 unspecified atom stereocenters. The quantitative estimate of drug-likeness (QED) is 0.696. The van der Waals surface area contributed by atoms with Crippen molar-refractivity contribution in [3.63, 3.8) is 0 Å². The monoisotopic (exact) mass is 316 g/mol. The molecule has 4 saturated heterocycles. The van der Waals surface area contributed by atoms with Crippen molar-refractivity contribution in [2.24, 2.45) is 17.8 Å². The van der Waals surface area contributed by atoms with E-state index in [9.17, 15) is 0 Å². The summed E-state index contributed by atoms with van der Waals surface area (Å²) in [6.45, 7) is 5.60. The highest BCUT2D eigenvalue weighted by Crippen LogP contribution is 2.62. The lowest BCUT2D eigenvalue weighted by atomic mass is 9.57. The highest BCUT2D eigenvalue weighted by atomic mass is 19.1. The lowest BCUT2D eigenvalue weighted by Gasteiger charge is -2.61. The summed E-state index contributed by atoms with van der Waals surface area (Å²) in [6, 6.07) is 0. The van der Waals surface area contributed by atoms with Gasteiger partial charge in [0.05, 0.1) is 0 Å². The second-order valence-electron chi connectivity index (χ2n) is 7.71. The minimum absolute atomic E-state index is 0.161. The molecule has 0 N–H and O–H groups in total. The molecule has 1 spiro atoms. The Kier molecular flexibility index (Phi) is 3.22. The van der Waals surface area contributed by atoms with Crippen LogP contribution >= 0.6 is 0 Å². The number of rotatable bonds is 1. The van der Waals surface area contributed by atoms with Crippen LogP contribution < -0.4 is 0 Å². The summed E-state index contributed by atoms with van der Waals surface area (Å²) in [5, 5.41) is 0. The molecule has 8 atom stereocenters. The Morgan fingerprint density at radius 1 is 1.14 bits per heavy atom. The molecule has 0 aromatic heterocycles. The van der Waals surface area contributed by atoms with Crippen LogP contribution in [0.15, 0.2) is 0 Å². The third-order valence-electron chi connectivity index (χ3n) is 6.32. The molecule has 5 rings (SSSR count). The van der Waals surface area contributed by atoms with Gasteiger partial charge in [0.25, 0.3) is 0 Å². The third kappa shape index (κ3) is 1.76. The molecule has 0 aromatic rings. The predicted molar refractivity (Wildman–Crippen MR) is 74.2 cm³/mol. The maximum Gasteiger partial charge on any atom is 0.201 e. The number of ether oxygens (including phenoxy) is 3. The van der Waals surface area contributed by atoms with E-state index >= 15 is 4.39 Å². The fraction of sp³-hybridized carbons (Fsp3) is 1.00. The molecule has 5 aliphatic rings. The number of fused-ring (bicyclic) bond motifs is 2. The van der Waals surface area contributed by atoms with Crippen molar-refractivity contribution in [3.8, 4) is 0 Å². The third-order valence-corrected chi connectivity index (χ3v) is 6.32. The standard InChI is InChI=1S/C16H25FO5/c1-9-5-6-11-15(3,17)12(18-4)19-13-16(11)10(9)7-8-14(2,20-13)21-22-16/h9-13H,5-8H2,1-4H3/t9-,10+,11+,12+,13-,14+,15-,16-/m1/s1. The summed E-state index contributed by atoms with van der Waals surface area (Å²) in [5.41, 5.74) is -2.53. The topological polar surface area (TPSA) is 46.2 Å². The Bertz CT molecular complexity index is 471. The van der Waals surface area contributed by atoms with Gasteiger partial charge in [-0.05, 0) is 44.9 Å². The van der Waals surface area contributed by atoms with Crippen LogP contribution in [0.2, 0.25) is 0 Å². The summed E-state index contributed by atoms with van der Waals surface area (Å²) in [6.07, 6.45) is 1.70. The lowest BCUT2D eigenvalue weighted by Crippen LogP contribution is -2.74. The number of methoxy groups -OCH3 is 1. The van der Waals surface area contributed by atoms with Gasteiger partial charge in [-0.2, -0.15) is 0 Å². The first-order chi connectivity index (χ1) is 10.3. The second kappa shape index (κ2) is 4.63. The van der Waals surface area contributed by atoms with Crippen LogP contribution in [-0.4, -0.2) is 36.7 Å². The van der Waals surface area contributed by atoms with E-state index in [1.165, 1.54) is 7.11 Å². The lowest BCUT2D eigenvalue weighted by molar-refractivity contribution is -0.581. The zero-order valence-electron chi connectivity index (χ0n) is 13.6. The van der Waals surface area contributed by atoms with Crippen LogP contribution in [0.1, 0.15) is 46.5 Å². The zero-order chi connectivity index (χ0) is 15.8. The predicted octanol–water partition coefficient (Wildman–Crippen LogP) is 2.93. The number of hydrogen-bond acceptors (Lipinski definition) is 5. The molecular weight excluding hydrogens is 291 g/mol. The summed E-state index contributed by atoms with van der Waals surface area (Å²) in [7, 11) is 1.47. The maximum atomic E-state index is 15.5. The molecule has 126 valence electrons. The van der Waals surface area contributed by atoms with Gasteiger partial charge in [-0.25, -0.2) is 14.2 Å². The summed E-state index contributed by atoms with van der Waals surface area (Å²) >= 11 is 0. The number of halogens is 1.